The van der Waals surface area contributed by atoms with E-state index in [1.807, 2.05) is 12.1 Å². The van der Waals surface area contributed by atoms with Gasteiger partial charge in [0.25, 0.3) is 5.91 Å². The zero-order chi connectivity index (χ0) is 26.1. The van der Waals surface area contributed by atoms with Gasteiger partial charge in [0.05, 0.1) is 22.4 Å². The molecule has 6 rings (SSSR count). The highest BCUT2D eigenvalue weighted by Gasteiger charge is 2.55. The van der Waals surface area contributed by atoms with E-state index < -0.39 is 30.0 Å². The minimum Gasteiger partial charge on any atom is -0.370 e. The molecule has 0 radical (unpaired) electrons. The van der Waals surface area contributed by atoms with Crippen LogP contribution in [0.25, 0.3) is 0 Å². The number of carbonyl (C=O) groups is 2. The predicted octanol–water partition coefficient (Wildman–Crippen LogP) is 6.34. The Balaban J connectivity index is 1.32. The lowest BCUT2D eigenvalue weighted by atomic mass is 9.69. The van der Waals surface area contributed by atoms with E-state index in [9.17, 15) is 18.4 Å². The molecule has 4 aliphatic rings. The normalized spacial score (nSPS) is 25.5. The molecule has 2 aliphatic heterocycles. The first-order valence-corrected chi connectivity index (χ1v) is 14.0. The van der Waals surface area contributed by atoms with Crippen molar-refractivity contribution in [2.75, 3.05) is 35.3 Å². The summed E-state index contributed by atoms with van der Waals surface area (Å²) in [5.74, 6) is -2.90. The van der Waals surface area contributed by atoms with E-state index in [4.69, 9.17) is 0 Å². The van der Waals surface area contributed by atoms with Crippen molar-refractivity contribution in [3.8, 4) is 0 Å². The molecule has 3 fully saturated rings. The van der Waals surface area contributed by atoms with Crippen LogP contribution in [0.3, 0.4) is 0 Å². The van der Waals surface area contributed by atoms with Crippen molar-refractivity contribution in [1.29, 1.82) is 0 Å². The van der Waals surface area contributed by atoms with Gasteiger partial charge in [0, 0.05) is 42.2 Å². The fourth-order valence-corrected chi connectivity index (χ4v) is 7.48. The lowest BCUT2D eigenvalue weighted by molar-refractivity contribution is -0.127. The first-order chi connectivity index (χ1) is 17.6. The minimum atomic E-state index is -2.83. The van der Waals surface area contributed by atoms with Crippen LogP contribution in [0, 0.1) is 21.2 Å². The summed E-state index contributed by atoms with van der Waals surface area (Å²) in [6.07, 6.45) is 2.75. The lowest BCUT2D eigenvalue weighted by Gasteiger charge is -2.36. The van der Waals surface area contributed by atoms with Crippen LogP contribution in [0.1, 0.15) is 60.9 Å². The number of halogens is 4. The Labute approximate surface area is 227 Å². The molecule has 1 N–H and O–H groups in total. The van der Waals surface area contributed by atoms with Crippen LogP contribution in [0.4, 0.5) is 30.2 Å². The molecule has 1 saturated heterocycles. The fraction of sp³-hybridized carbons (Fsp3) is 0.500. The summed E-state index contributed by atoms with van der Waals surface area (Å²) in [4.78, 5) is 30.2. The number of benzene rings is 2. The molecule has 5 nitrogen and oxygen atoms in total. The van der Waals surface area contributed by atoms with Crippen molar-refractivity contribution in [2.45, 2.75) is 56.3 Å². The van der Waals surface area contributed by atoms with Crippen LogP contribution in [0.5, 0.6) is 0 Å². The summed E-state index contributed by atoms with van der Waals surface area (Å²) in [5.41, 5.74) is 0.942. The monoisotopic (exact) mass is 623 g/mol. The maximum atomic E-state index is 15.3. The van der Waals surface area contributed by atoms with Gasteiger partial charge in [-0.1, -0.05) is 0 Å². The van der Waals surface area contributed by atoms with Gasteiger partial charge in [0.1, 0.15) is 5.82 Å². The number of hydrogen-bond acceptors (Lipinski definition) is 3. The van der Waals surface area contributed by atoms with Gasteiger partial charge in [-0.25, -0.2) is 13.2 Å². The first-order valence-electron chi connectivity index (χ1n) is 12.9. The molecular weight excluding hydrogens is 594 g/mol. The van der Waals surface area contributed by atoms with E-state index in [1.165, 1.54) is 37.3 Å². The molecule has 0 aromatic heterocycles. The largest absolute Gasteiger partial charge is 0.370 e. The van der Waals surface area contributed by atoms with Gasteiger partial charge in [0.15, 0.2) is 0 Å². The summed E-state index contributed by atoms with van der Waals surface area (Å²) in [7, 11) is 1.48. The molecule has 2 amide bonds. The number of nitrogens with zero attached hydrogens (tertiary/aromatic N) is 2. The van der Waals surface area contributed by atoms with Crippen molar-refractivity contribution < 1.29 is 22.8 Å². The third kappa shape index (κ3) is 4.21. The standard InChI is InChI=1S/C28H29F3IN3O2/c1-34-24-21(27(26(34)37)6-8-28(30,31)9-7-27)12-19(13-22(24)29)33-25(36)20-5-4-18(32)11-23(20)35-14-16-2-3-17(10-16)15-35/h4-5,11-13,16-17H,2-3,6-10,14-15H2,1H3,(H,33,36). The summed E-state index contributed by atoms with van der Waals surface area (Å²) >= 11 is 2.25. The number of likely N-dealkylation sites (N-methyl/N-ethyl adjacent to an activating group) is 1. The van der Waals surface area contributed by atoms with Gasteiger partial charge >= 0.3 is 0 Å². The van der Waals surface area contributed by atoms with Crippen LogP contribution in [-0.4, -0.2) is 37.9 Å². The smallest absolute Gasteiger partial charge is 0.257 e. The number of fused-ring (bicyclic) bond motifs is 4. The maximum absolute atomic E-state index is 15.3. The fourth-order valence-electron chi connectivity index (χ4n) is 7.00. The van der Waals surface area contributed by atoms with Crippen LogP contribution in [0.2, 0.25) is 0 Å². The van der Waals surface area contributed by atoms with E-state index in [0.29, 0.717) is 23.0 Å². The maximum Gasteiger partial charge on any atom is 0.257 e. The third-order valence-corrected chi connectivity index (χ3v) is 9.54. The van der Waals surface area contributed by atoms with Gasteiger partial charge < -0.3 is 15.1 Å². The van der Waals surface area contributed by atoms with Gasteiger partial charge in [-0.3, -0.25) is 9.59 Å². The van der Waals surface area contributed by atoms with Gasteiger partial charge in [-0.05, 0) is 102 Å². The number of hydrogen-bond donors (Lipinski definition) is 1. The highest BCUT2D eigenvalue weighted by atomic mass is 127. The van der Waals surface area contributed by atoms with Gasteiger partial charge in [-0.2, -0.15) is 0 Å². The Kier molecular flexibility index (Phi) is 6.00. The molecule has 2 bridgehead atoms. The number of alkyl halides is 2. The van der Waals surface area contributed by atoms with Gasteiger partial charge in [-0.15, -0.1) is 0 Å². The second-order valence-corrected chi connectivity index (χ2v) is 12.5. The summed E-state index contributed by atoms with van der Waals surface area (Å²) in [6.45, 7) is 1.85. The lowest BCUT2D eigenvalue weighted by Crippen LogP contribution is -2.44. The molecule has 1 spiro atoms. The van der Waals surface area contributed by atoms with Crippen LogP contribution < -0.4 is 15.1 Å². The number of amides is 2. The van der Waals surface area contributed by atoms with Crippen molar-refractivity contribution in [3.05, 3.63) is 50.8 Å². The van der Waals surface area contributed by atoms with Crippen molar-refractivity contribution >= 4 is 51.5 Å². The Bertz CT molecular complexity index is 1280. The average Bonchev–Trinajstić information content (AvgIpc) is 3.29. The predicted molar refractivity (Wildman–Crippen MR) is 145 cm³/mol. The van der Waals surface area contributed by atoms with E-state index in [0.717, 1.165) is 22.3 Å². The second-order valence-electron chi connectivity index (χ2n) is 11.2. The van der Waals surface area contributed by atoms with Gasteiger partial charge in [0.2, 0.25) is 11.8 Å². The van der Waals surface area contributed by atoms with Crippen LogP contribution in [-0.2, 0) is 10.2 Å². The van der Waals surface area contributed by atoms with E-state index in [2.05, 4.69) is 32.8 Å². The molecule has 2 unspecified atom stereocenters. The number of anilines is 3. The van der Waals surface area contributed by atoms with Crippen LogP contribution in [0.15, 0.2) is 30.3 Å². The van der Waals surface area contributed by atoms with Crippen LogP contribution >= 0.6 is 22.6 Å². The summed E-state index contributed by atoms with van der Waals surface area (Å²) in [5, 5.41) is 2.85. The van der Waals surface area contributed by atoms with E-state index in [-0.39, 0.29) is 36.0 Å². The number of piperidine rings is 1. The number of rotatable bonds is 3. The second kappa shape index (κ2) is 8.88. The Morgan fingerprint density at radius 2 is 1.73 bits per heavy atom. The van der Waals surface area contributed by atoms with E-state index >= 15 is 4.39 Å². The topological polar surface area (TPSA) is 52.7 Å². The highest BCUT2D eigenvalue weighted by Crippen LogP contribution is 2.54. The first kappa shape index (κ1) is 25.0. The van der Waals surface area contributed by atoms with Crippen molar-refractivity contribution in [1.82, 2.24) is 0 Å². The molecule has 9 heteroatoms. The summed E-state index contributed by atoms with van der Waals surface area (Å²) < 4.78 is 44.3. The molecule has 2 atom stereocenters. The molecule has 37 heavy (non-hydrogen) atoms. The third-order valence-electron chi connectivity index (χ3n) is 8.87. The zero-order valence-electron chi connectivity index (χ0n) is 20.6. The molecular formula is C28H29F3IN3O2. The zero-order valence-corrected chi connectivity index (χ0v) is 22.8. The minimum absolute atomic E-state index is 0.0500. The molecule has 196 valence electrons. The molecule has 2 saturated carbocycles. The van der Waals surface area contributed by atoms with E-state index in [1.54, 1.807) is 12.1 Å². The Morgan fingerprint density at radius 3 is 2.41 bits per heavy atom. The molecule has 2 aliphatic carbocycles. The number of carbonyl (C=O) groups excluding carboxylic acids is 2. The Hall–Kier alpha value is -2.30. The number of nitrogens with one attached hydrogen (secondary N) is 1. The average molecular weight is 623 g/mol. The molecule has 2 heterocycles. The highest BCUT2D eigenvalue weighted by molar-refractivity contribution is 14.1. The molecule has 2 aromatic carbocycles. The SMILES string of the molecule is CN1C(=O)C2(CCC(F)(F)CC2)c2cc(NC(=O)c3ccc(I)cc3N3CC4CCC(C4)C3)cc(F)c21. The Morgan fingerprint density at radius 1 is 1.05 bits per heavy atom. The summed E-state index contributed by atoms with van der Waals surface area (Å²) in [6, 6.07) is 8.52. The van der Waals surface area contributed by atoms with Crippen molar-refractivity contribution in [2.24, 2.45) is 11.8 Å². The quantitative estimate of drug-likeness (QED) is 0.406. The molecule has 2 aromatic rings. The van der Waals surface area contributed by atoms with Crippen molar-refractivity contribution in [3.63, 3.8) is 0 Å².